The van der Waals surface area contributed by atoms with Crippen LogP contribution >= 0.6 is 11.3 Å². The summed E-state index contributed by atoms with van der Waals surface area (Å²) < 4.78 is 0. The Morgan fingerprint density at radius 3 is 2.48 bits per heavy atom. The zero-order chi connectivity index (χ0) is 15.2. The van der Waals surface area contributed by atoms with Gasteiger partial charge in [0.05, 0.1) is 0 Å². The Balaban J connectivity index is 1.80. The summed E-state index contributed by atoms with van der Waals surface area (Å²) >= 11 is 1.80. The van der Waals surface area contributed by atoms with E-state index in [4.69, 9.17) is 0 Å². The highest BCUT2D eigenvalue weighted by atomic mass is 32.1. The molecule has 1 heterocycles. The molecule has 21 heavy (non-hydrogen) atoms. The van der Waals surface area contributed by atoms with E-state index in [2.05, 4.69) is 35.5 Å². The Bertz CT molecular complexity index is 569. The first-order valence-corrected chi connectivity index (χ1v) is 8.25. The van der Waals surface area contributed by atoms with Gasteiger partial charge >= 0.3 is 0 Å². The van der Waals surface area contributed by atoms with E-state index < -0.39 is 0 Å². The Morgan fingerprint density at radius 1 is 1.14 bits per heavy atom. The van der Waals surface area contributed by atoms with Crippen LogP contribution < -0.4 is 0 Å². The van der Waals surface area contributed by atoms with Crippen molar-refractivity contribution in [1.29, 1.82) is 0 Å². The summed E-state index contributed by atoms with van der Waals surface area (Å²) in [5, 5.41) is 2.11. The van der Waals surface area contributed by atoms with E-state index in [1.165, 1.54) is 4.88 Å². The number of carbonyl (C=O) groups excluding carboxylic acids is 1. The number of aryl methyl sites for hydroxylation is 2. The molecule has 0 spiro atoms. The number of nitrogens with zero attached hydrogens (tertiary/aromatic N) is 1. The van der Waals surface area contributed by atoms with Gasteiger partial charge in [0.1, 0.15) is 0 Å². The monoisotopic (exact) mass is 301 g/mol. The van der Waals surface area contributed by atoms with Gasteiger partial charge < -0.3 is 4.90 Å². The third-order valence-corrected chi connectivity index (χ3v) is 4.52. The van der Waals surface area contributed by atoms with Gasteiger partial charge in [0.15, 0.2) is 5.78 Å². The summed E-state index contributed by atoms with van der Waals surface area (Å²) in [7, 11) is 2.09. The van der Waals surface area contributed by atoms with E-state index in [1.807, 2.05) is 26.0 Å². The Hall–Kier alpha value is -1.45. The van der Waals surface area contributed by atoms with Crippen LogP contribution in [0, 0.1) is 13.8 Å². The Morgan fingerprint density at radius 2 is 1.86 bits per heavy atom. The first-order valence-electron chi connectivity index (χ1n) is 7.37. The van der Waals surface area contributed by atoms with Crippen LogP contribution in [0.1, 0.15) is 32.8 Å². The van der Waals surface area contributed by atoms with Gasteiger partial charge in [-0.25, -0.2) is 0 Å². The number of thiophene rings is 1. The molecule has 0 fully saturated rings. The molecule has 0 amide bonds. The molecule has 0 N–H and O–H groups in total. The van der Waals surface area contributed by atoms with Crippen molar-refractivity contribution < 1.29 is 4.79 Å². The smallest absolute Gasteiger partial charge is 0.164 e. The second-order valence-corrected chi connectivity index (χ2v) is 6.71. The van der Waals surface area contributed by atoms with Gasteiger partial charge in [-0.05, 0) is 50.9 Å². The van der Waals surface area contributed by atoms with E-state index in [9.17, 15) is 4.79 Å². The summed E-state index contributed by atoms with van der Waals surface area (Å²) in [5.74, 6) is 0.241. The number of hydrogen-bond acceptors (Lipinski definition) is 3. The average Bonchev–Trinajstić information content (AvgIpc) is 2.94. The molecule has 2 rings (SSSR count). The minimum Gasteiger partial charge on any atom is -0.306 e. The van der Waals surface area contributed by atoms with Crippen molar-refractivity contribution in [2.45, 2.75) is 26.7 Å². The highest BCUT2D eigenvalue weighted by Crippen LogP contribution is 2.12. The highest BCUT2D eigenvalue weighted by Gasteiger charge is 2.09. The fourth-order valence-electron chi connectivity index (χ4n) is 2.44. The second kappa shape index (κ2) is 7.53. The van der Waals surface area contributed by atoms with Gasteiger partial charge in [0.25, 0.3) is 0 Å². The molecule has 3 heteroatoms. The summed E-state index contributed by atoms with van der Waals surface area (Å²) in [5.41, 5.74) is 3.16. The van der Waals surface area contributed by atoms with Crippen LogP contribution in [0.5, 0.6) is 0 Å². The minimum atomic E-state index is 0.241. The Labute approximate surface area is 131 Å². The predicted octanol–water partition coefficient (Wildman–Crippen LogP) is 4.11. The SMILES string of the molecule is Cc1cc(C)cc(C(=O)CCN(C)CCc2cccs2)c1. The lowest BCUT2D eigenvalue weighted by atomic mass is 10.0. The number of rotatable bonds is 7. The molecule has 0 aliphatic rings. The van der Waals surface area contributed by atoms with Gasteiger partial charge in [0, 0.05) is 30.0 Å². The number of likely N-dealkylation sites (N-methyl/N-ethyl adjacent to an activating group) is 1. The maximum Gasteiger partial charge on any atom is 0.164 e. The highest BCUT2D eigenvalue weighted by molar-refractivity contribution is 7.09. The number of Topliss-reactive ketones (excluding diaryl/α,β-unsaturated/α-hetero) is 1. The zero-order valence-electron chi connectivity index (χ0n) is 13.1. The normalized spacial score (nSPS) is 11.0. The van der Waals surface area contributed by atoms with Crippen LogP contribution in [0.15, 0.2) is 35.7 Å². The maximum atomic E-state index is 12.3. The third-order valence-electron chi connectivity index (χ3n) is 3.58. The fourth-order valence-corrected chi connectivity index (χ4v) is 3.14. The van der Waals surface area contributed by atoms with Gasteiger partial charge in [-0.15, -0.1) is 11.3 Å². The summed E-state index contributed by atoms with van der Waals surface area (Å²) in [6.45, 7) is 5.89. The van der Waals surface area contributed by atoms with Crippen LogP contribution in [0.2, 0.25) is 0 Å². The zero-order valence-corrected chi connectivity index (χ0v) is 13.9. The second-order valence-electron chi connectivity index (χ2n) is 5.68. The van der Waals surface area contributed by atoms with Crippen molar-refractivity contribution in [3.05, 3.63) is 57.3 Å². The molecule has 0 saturated carbocycles. The standard InChI is InChI=1S/C18H23NOS/c1-14-11-15(2)13-16(12-14)18(20)7-9-19(3)8-6-17-5-4-10-21-17/h4-5,10-13H,6-9H2,1-3H3. The van der Waals surface area contributed by atoms with Crippen molar-refractivity contribution in [3.63, 3.8) is 0 Å². The van der Waals surface area contributed by atoms with E-state index in [1.54, 1.807) is 11.3 Å². The molecule has 0 saturated heterocycles. The number of ketones is 1. The molecule has 0 aliphatic carbocycles. The largest absolute Gasteiger partial charge is 0.306 e. The van der Waals surface area contributed by atoms with E-state index in [0.29, 0.717) is 6.42 Å². The van der Waals surface area contributed by atoms with Crippen molar-refractivity contribution in [3.8, 4) is 0 Å². The molecule has 0 unspecified atom stereocenters. The van der Waals surface area contributed by atoms with Gasteiger partial charge in [-0.2, -0.15) is 0 Å². The molecule has 0 bridgehead atoms. The summed E-state index contributed by atoms with van der Waals surface area (Å²) in [4.78, 5) is 15.9. The maximum absolute atomic E-state index is 12.3. The molecule has 112 valence electrons. The number of hydrogen-bond donors (Lipinski definition) is 0. The molecule has 0 atom stereocenters. The average molecular weight is 301 g/mol. The van der Waals surface area contributed by atoms with Crippen molar-refractivity contribution >= 4 is 17.1 Å². The summed E-state index contributed by atoms with van der Waals surface area (Å²) in [6.07, 6.45) is 1.65. The number of benzene rings is 1. The number of carbonyl (C=O) groups is 1. The van der Waals surface area contributed by atoms with Crippen LogP contribution in [0.4, 0.5) is 0 Å². The molecule has 0 radical (unpaired) electrons. The van der Waals surface area contributed by atoms with E-state index >= 15 is 0 Å². The Kier molecular flexibility index (Phi) is 5.71. The third kappa shape index (κ3) is 5.10. The molecule has 2 nitrogen and oxygen atoms in total. The molecule has 1 aromatic heterocycles. The lowest BCUT2D eigenvalue weighted by molar-refractivity contribution is 0.0969. The van der Waals surface area contributed by atoms with Crippen molar-refractivity contribution in [1.82, 2.24) is 4.90 Å². The molecular weight excluding hydrogens is 278 g/mol. The van der Waals surface area contributed by atoms with E-state index in [-0.39, 0.29) is 5.78 Å². The van der Waals surface area contributed by atoms with Crippen LogP contribution in [0.3, 0.4) is 0 Å². The molecule has 1 aromatic carbocycles. The lowest BCUT2D eigenvalue weighted by Crippen LogP contribution is -2.24. The van der Waals surface area contributed by atoms with Gasteiger partial charge in [0.2, 0.25) is 0 Å². The van der Waals surface area contributed by atoms with Crippen molar-refractivity contribution in [2.75, 3.05) is 20.1 Å². The molecular formula is C18H23NOS. The molecule has 2 aromatic rings. The first-order chi connectivity index (χ1) is 10.0. The summed E-state index contributed by atoms with van der Waals surface area (Å²) in [6, 6.07) is 10.3. The van der Waals surface area contributed by atoms with Crippen LogP contribution in [-0.4, -0.2) is 30.8 Å². The topological polar surface area (TPSA) is 20.3 Å². The van der Waals surface area contributed by atoms with Gasteiger partial charge in [-0.3, -0.25) is 4.79 Å². The fraction of sp³-hybridized carbons (Fsp3) is 0.389. The minimum absolute atomic E-state index is 0.241. The molecule has 0 aliphatic heterocycles. The van der Waals surface area contributed by atoms with Crippen LogP contribution in [-0.2, 0) is 6.42 Å². The van der Waals surface area contributed by atoms with Crippen molar-refractivity contribution in [2.24, 2.45) is 0 Å². The van der Waals surface area contributed by atoms with Crippen LogP contribution in [0.25, 0.3) is 0 Å². The predicted molar refractivity (Wildman–Crippen MR) is 90.4 cm³/mol. The quantitative estimate of drug-likeness (QED) is 0.717. The van der Waals surface area contributed by atoms with Gasteiger partial charge in [-0.1, -0.05) is 23.3 Å². The van der Waals surface area contributed by atoms with E-state index in [0.717, 1.165) is 36.2 Å². The first kappa shape index (κ1) is 15.9. The lowest BCUT2D eigenvalue weighted by Gasteiger charge is -2.15.